The van der Waals surface area contributed by atoms with Crippen LogP contribution in [0.15, 0.2) is 40.1 Å². The molecule has 0 unspecified atom stereocenters. The van der Waals surface area contributed by atoms with Gasteiger partial charge in [-0.1, -0.05) is 0 Å². The van der Waals surface area contributed by atoms with Crippen LogP contribution in [0.3, 0.4) is 0 Å². The minimum absolute atomic E-state index is 0.0886. The quantitative estimate of drug-likeness (QED) is 0.541. The van der Waals surface area contributed by atoms with E-state index in [0.717, 1.165) is 5.39 Å². The van der Waals surface area contributed by atoms with E-state index in [9.17, 15) is 9.59 Å². The van der Waals surface area contributed by atoms with Gasteiger partial charge in [0, 0.05) is 23.7 Å². The van der Waals surface area contributed by atoms with Gasteiger partial charge in [0.2, 0.25) is 5.56 Å². The van der Waals surface area contributed by atoms with E-state index in [1.165, 1.54) is 18.3 Å². The summed E-state index contributed by atoms with van der Waals surface area (Å²) in [5, 5.41) is 1.26. The molecule has 78 valence electrons. The van der Waals surface area contributed by atoms with Crippen LogP contribution in [0.5, 0.6) is 0 Å². The van der Waals surface area contributed by atoms with Crippen molar-refractivity contribution in [2.75, 3.05) is 0 Å². The van der Waals surface area contributed by atoms with Gasteiger partial charge in [0.05, 0.1) is 5.39 Å². The first-order valence-electron chi connectivity index (χ1n) is 4.75. The lowest BCUT2D eigenvalue weighted by atomic mass is 10.2. The van der Waals surface area contributed by atoms with Crippen molar-refractivity contribution in [1.82, 2.24) is 15.0 Å². The highest BCUT2D eigenvalue weighted by atomic mass is 16.1. The Balaban J connectivity index is 2.59. The van der Waals surface area contributed by atoms with Crippen LogP contribution in [0.25, 0.3) is 22.1 Å². The highest BCUT2D eigenvalue weighted by Crippen LogP contribution is 2.11. The molecular formula is C11H7N3O2. The number of nitrogens with one attached hydrogen (secondary N) is 2. The largest absolute Gasteiger partial charge is 0.346 e. The van der Waals surface area contributed by atoms with E-state index in [1.807, 2.05) is 0 Å². The summed E-state index contributed by atoms with van der Waals surface area (Å²) in [5.41, 5.74) is 0.649. The summed E-state index contributed by atoms with van der Waals surface area (Å²) in [6, 6.07) is 6.22. The minimum Gasteiger partial charge on any atom is -0.346 e. The summed E-state index contributed by atoms with van der Waals surface area (Å²) >= 11 is 0. The number of pyridine rings is 3. The molecule has 0 atom stereocenters. The van der Waals surface area contributed by atoms with Crippen LogP contribution in [0.4, 0.5) is 0 Å². The van der Waals surface area contributed by atoms with Crippen molar-refractivity contribution < 1.29 is 0 Å². The van der Waals surface area contributed by atoms with Gasteiger partial charge >= 0.3 is 0 Å². The summed E-state index contributed by atoms with van der Waals surface area (Å²) < 4.78 is 0. The van der Waals surface area contributed by atoms with Crippen molar-refractivity contribution in [2.24, 2.45) is 0 Å². The van der Waals surface area contributed by atoms with Crippen molar-refractivity contribution in [3.8, 4) is 0 Å². The summed E-state index contributed by atoms with van der Waals surface area (Å²) in [4.78, 5) is 32.3. The SMILES string of the molecule is O=c1ccc2cc3c(=O)cc[nH]c3nc2[nH]1. The molecule has 0 fully saturated rings. The van der Waals surface area contributed by atoms with Gasteiger partial charge in [-0.25, -0.2) is 4.98 Å². The molecule has 0 aliphatic carbocycles. The van der Waals surface area contributed by atoms with Crippen LogP contribution in [-0.4, -0.2) is 15.0 Å². The molecule has 5 heteroatoms. The van der Waals surface area contributed by atoms with Crippen LogP contribution in [0.2, 0.25) is 0 Å². The zero-order valence-corrected chi connectivity index (χ0v) is 8.15. The monoisotopic (exact) mass is 213 g/mol. The third kappa shape index (κ3) is 1.22. The first-order chi connectivity index (χ1) is 7.74. The Morgan fingerprint density at radius 2 is 1.94 bits per heavy atom. The van der Waals surface area contributed by atoms with Gasteiger partial charge in [-0.15, -0.1) is 0 Å². The van der Waals surface area contributed by atoms with E-state index in [1.54, 1.807) is 12.1 Å². The number of aromatic amines is 2. The van der Waals surface area contributed by atoms with Crippen molar-refractivity contribution in [3.05, 3.63) is 51.0 Å². The maximum absolute atomic E-state index is 11.6. The Labute approximate surface area is 88.8 Å². The number of hydrogen-bond donors (Lipinski definition) is 2. The smallest absolute Gasteiger partial charge is 0.249 e. The zero-order valence-electron chi connectivity index (χ0n) is 8.15. The van der Waals surface area contributed by atoms with Gasteiger partial charge in [-0.3, -0.25) is 9.59 Å². The molecule has 5 nitrogen and oxygen atoms in total. The first-order valence-corrected chi connectivity index (χ1v) is 4.75. The van der Waals surface area contributed by atoms with Crippen LogP contribution in [-0.2, 0) is 0 Å². The highest BCUT2D eigenvalue weighted by molar-refractivity contribution is 5.88. The van der Waals surface area contributed by atoms with Crippen molar-refractivity contribution >= 4 is 22.1 Å². The Morgan fingerprint density at radius 3 is 2.81 bits per heavy atom. The molecule has 16 heavy (non-hydrogen) atoms. The molecule has 0 spiro atoms. The second-order valence-corrected chi connectivity index (χ2v) is 3.49. The second kappa shape index (κ2) is 3.03. The third-order valence-electron chi connectivity index (χ3n) is 2.43. The number of fused-ring (bicyclic) bond motifs is 2. The van der Waals surface area contributed by atoms with E-state index in [2.05, 4.69) is 15.0 Å². The topological polar surface area (TPSA) is 78.6 Å². The predicted octanol–water partition coefficient (Wildman–Crippen LogP) is 0.765. The molecule has 0 aliphatic heterocycles. The van der Waals surface area contributed by atoms with Gasteiger partial charge in [0.1, 0.15) is 11.3 Å². The lowest BCUT2D eigenvalue weighted by Crippen LogP contribution is -2.06. The van der Waals surface area contributed by atoms with Gasteiger partial charge < -0.3 is 9.97 Å². The Kier molecular flexibility index (Phi) is 1.67. The maximum atomic E-state index is 11.6. The minimum atomic E-state index is -0.211. The second-order valence-electron chi connectivity index (χ2n) is 3.49. The van der Waals surface area contributed by atoms with Gasteiger partial charge in [-0.2, -0.15) is 0 Å². The number of hydrogen-bond acceptors (Lipinski definition) is 3. The van der Waals surface area contributed by atoms with Crippen molar-refractivity contribution in [3.63, 3.8) is 0 Å². The standard InChI is InChI=1S/C11H7N3O2/c15-8-3-4-12-11-7(8)5-6-1-2-9(16)13-10(6)14-11/h1-5H,(H2,12,13,14,15,16). The number of nitrogens with zero attached hydrogens (tertiary/aromatic N) is 1. The maximum Gasteiger partial charge on any atom is 0.249 e. The van der Waals surface area contributed by atoms with Crippen LogP contribution >= 0.6 is 0 Å². The fourth-order valence-electron chi connectivity index (χ4n) is 1.66. The third-order valence-corrected chi connectivity index (χ3v) is 2.43. The highest BCUT2D eigenvalue weighted by Gasteiger charge is 2.02. The van der Waals surface area contributed by atoms with Crippen LogP contribution in [0.1, 0.15) is 0 Å². The average Bonchev–Trinajstić information content (AvgIpc) is 2.27. The fourth-order valence-corrected chi connectivity index (χ4v) is 1.66. The van der Waals surface area contributed by atoms with Crippen LogP contribution in [0, 0.1) is 0 Å². The number of aromatic nitrogens is 3. The summed E-state index contributed by atoms with van der Waals surface area (Å²) in [6.45, 7) is 0. The number of H-pyrrole nitrogens is 2. The molecule has 2 N–H and O–H groups in total. The molecule has 0 amide bonds. The van der Waals surface area contributed by atoms with E-state index in [0.29, 0.717) is 16.7 Å². The predicted molar refractivity (Wildman–Crippen MR) is 60.5 cm³/mol. The molecule has 0 saturated carbocycles. The average molecular weight is 213 g/mol. The van der Waals surface area contributed by atoms with Gasteiger partial charge in [0.15, 0.2) is 5.43 Å². The number of rotatable bonds is 0. The van der Waals surface area contributed by atoms with Gasteiger partial charge in [-0.05, 0) is 12.1 Å². The summed E-state index contributed by atoms with van der Waals surface area (Å²) in [6.07, 6.45) is 1.53. The molecule has 3 heterocycles. The Hall–Kier alpha value is -2.43. The fraction of sp³-hybridized carbons (Fsp3) is 0. The van der Waals surface area contributed by atoms with Crippen molar-refractivity contribution in [2.45, 2.75) is 0 Å². The van der Waals surface area contributed by atoms with Crippen molar-refractivity contribution in [1.29, 1.82) is 0 Å². The van der Waals surface area contributed by atoms with E-state index in [4.69, 9.17) is 0 Å². The Morgan fingerprint density at radius 1 is 1.06 bits per heavy atom. The lowest BCUT2D eigenvalue weighted by Gasteiger charge is -1.99. The molecule has 0 aliphatic rings. The molecule has 3 aromatic rings. The summed E-state index contributed by atoms with van der Waals surface area (Å²) in [5.74, 6) is 0. The molecule has 0 saturated heterocycles. The van der Waals surface area contributed by atoms with Crippen LogP contribution < -0.4 is 11.0 Å². The molecular weight excluding hydrogens is 206 g/mol. The molecule has 3 aromatic heterocycles. The first kappa shape index (κ1) is 8.84. The van der Waals surface area contributed by atoms with E-state index < -0.39 is 0 Å². The molecule has 0 radical (unpaired) electrons. The zero-order chi connectivity index (χ0) is 11.1. The molecule has 3 rings (SSSR count). The Bertz CT molecular complexity index is 801. The summed E-state index contributed by atoms with van der Waals surface area (Å²) in [7, 11) is 0. The lowest BCUT2D eigenvalue weighted by molar-refractivity contribution is 1.22. The van der Waals surface area contributed by atoms with E-state index in [-0.39, 0.29) is 11.0 Å². The molecule has 0 bridgehead atoms. The normalized spacial score (nSPS) is 11.0. The molecule has 0 aromatic carbocycles. The van der Waals surface area contributed by atoms with E-state index >= 15 is 0 Å². The van der Waals surface area contributed by atoms with Gasteiger partial charge in [0.25, 0.3) is 0 Å².